The maximum absolute atomic E-state index is 12.0. The van der Waals surface area contributed by atoms with Gasteiger partial charge in [-0.25, -0.2) is 4.79 Å². The SMILES string of the molecule is CCC(NCC(=O)N1CCNC1=O)c1ccccc1Br. The fraction of sp³-hybridized carbons (Fsp3) is 0.429. The molecule has 2 rings (SSSR count). The van der Waals surface area contributed by atoms with Crippen LogP contribution in [0.1, 0.15) is 24.9 Å². The largest absolute Gasteiger partial charge is 0.336 e. The van der Waals surface area contributed by atoms with Crippen molar-refractivity contribution in [2.45, 2.75) is 19.4 Å². The molecule has 0 radical (unpaired) electrons. The molecule has 1 fully saturated rings. The molecule has 1 aliphatic heterocycles. The number of nitrogens with one attached hydrogen (secondary N) is 2. The van der Waals surface area contributed by atoms with Crippen LogP contribution in [0.25, 0.3) is 0 Å². The Morgan fingerprint density at radius 1 is 1.50 bits per heavy atom. The number of hydrogen-bond acceptors (Lipinski definition) is 3. The first kappa shape index (κ1) is 15.0. The van der Waals surface area contributed by atoms with E-state index in [1.54, 1.807) is 0 Å². The highest BCUT2D eigenvalue weighted by molar-refractivity contribution is 9.10. The summed E-state index contributed by atoms with van der Waals surface area (Å²) in [6.45, 7) is 3.20. The molecule has 0 saturated carbocycles. The van der Waals surface area contributed by atoms with Crippen LogP contribution in [0.5, 0.6) is 0 Å². The quantitative estimate of drug-likeness (QED) is 0.862. The van der Waals surface area contributed by atoms with Crippen LogP contribution in [0, 0.1) is 0 Å². The zero-order valence-corrected chi connectivity index (χ0v) is 12.9. The number of urea groups is 1. The van der Waals surface area contributed by atoms with Crippen LogP contribution >= 0.6 is 15.9 Å². The number of carbonyl (C=O) groups excluding carboxylic acids is 2. The van der Waals surface area contributed by atoms with Gasteiger partial charge in [0.1, 0.15) is 0 Å². The number of amides is 3. The molecular weight excluding hydrogens is 322 g/mol. The van der Waals surface area contributed by atoms with Gasteiger partial charge in [-0.3, -0.25) is 9.69 Å². The van der Waals surface area contributed by atoms with Gasteiger partial charge in [-0.2, -0.15) is 0 Å². The lowest BCUT2D eigenvalue weighted by Gasteiger charge is -2.20. The number of rotatable bonds is 5. The van der Waals surface area contributed by atoms with Gasteiger partial charge < -0.3 is 10.6 Å². The van der Waals surface area contributed by atoms with Gasteiger partial charge in [0.15, 0.2) is 0 Å². The zero-order valence-electron chi connectivity index (χ0n) is 11.4. The molecule has 5 nitrogen and oxygen atoms in total. The standard InChI is InChI=1S/C14H18BrN3O2/c1-2-12(10-5-3-4-6-11(10)15)17-9-13(19)18-8-7-16-14(18)20/h3-6,12,17H,2,7-9H2,1H3,(H,16,20). The van der Waals surface area contributed by atoms with Crippen molar-refractivity contribution in [1.82, 2.24) is 15.5 Å². The van der Waals surface area contributed by atoms with Crippen molar-refractivity contribution in [3.63, 3.8) is 0 Å². The van der Waals surface area contributed by atoms with Crippen LogP contribution in [0.4, 0.5) is 4.79 Å². The molecule has 0 aliphatic carbocycles. The second-order valence-electron chi connectivity index (χ2n) is 4.64. The Morgan fingerprint density at radius 2 is 2.25 bits per heavy atom. The first-order valence-electron chi connectivity index (χ1n) is 6.69. The van der Waals surface area contributed by atoms with Crippen LogP contribution in [-0.2, 0) is 4.79 Å². The third-order valence-electron chi connectivity index (χ3n) is 3.35. The van der Waals surface area contributed by atoms with Crippen molar-refractivity contribution >= 4 is 27.9 Å². The molecule has 0 spiro atoms. The van der Waals surface area contributed by atoms with E-state index in [4.69, 9.17) is 0 Å². The Labute approximate surface area is 126 Å². The summed E-state index contributed by atoms with van der Waals surface area (Å²) in [6, 6.07) is 7.72. The second kappa shape index (κ2) is 6.85. The van der Waals surface area contributed by atoms with E-state index in [-0.39, 0.29) is 24.5 Å². The Kier molecular flexibility index (Phi) is 5.14. The molecule has 0 bridgehead atoms. The Hall–Kier alpha value is -1.40. The number of nitrogens with zero attached hydrogens (tertiary/aromatic N) is 1. The Morgan fingerprint density at radius 3 is 2.85 bits per heavy atom. The maximum atomic E-state index is 12.0. The average molecular weight is 340 g/mol. The van der Waals surface area contributed by atoms with E-state index in [1.807, 2.05) is 24.3 Å². The molecule has 6 heteroatoms. The summed E-state index contributed by atoms with van der Waals surface area (Å²) < 4.78 is 1.02. The predicted molar refractivity (Wildman–Crippen MR) is 80.3 cm³/mol. The minimum absolute atomic E-state index is 0.0835. The van der Waals surface area contributed by atoms with Crippen molar-refractivity contribution in [2.24, 2.45) is 0 Å². The molecule has 1 unspecified atom stereocenters. The van der Waals surface area contributed by atoms with Crippen molar-refractivity contribution in [1.29, 1.82) is 0 Å². The molecule has 20 heavy (non-hydrogen) atoms. The molecule has 1 saturated heterocycles. The summed E-state index contributed by atoms with van der Waals surface area (Å²) in [5.74, 6) is -0.189. The highest BCUT2D eigenvalue weighted by Crippen LogP contribution is 2.25. The molecule has 1 heterocycles. The summed E-state index contributed by atoms with van der Waals surface area (Å²) in [6.07, 6.45) is 0.863. The van der Waals surface area contributed by atoms with Gasteiger partial charge in [-0.1, -0.05) is 41.1 Å². The van der Waals surface area contributed by atoms with E-state index in [9.17, 15) is 9.59 Å². The van der Waals surface area contributed by atoms with Crippen molar-refractivity contribution in [2.75, 3.05) is 19.6 Å². The van der Waals surface area contributed by atoms with Gasteiger partial charge in [-0.05, 0) is 18.1 Å². The maximum Gasteiger partial charge on any atom is 0.324 e. The van der Waals surface area contributed by atoms with Gasteiger partial charge in [0, 0.05) is 23.6 Å². The van der Waals surface area contributed by atoms with Crippen LogP contribution in [0.15, 0.2) is 28.7 Å². The third kappa shape index (κ3) is 3.37. The lowest BCUT2D eigenvalue weighted by molar-refractivity contribution is -0.126. The van der Waals surface area contributed by atoms with Crippen LogP contribution in [0.2, 0.25) is 0 Å². The molecule has 1 aromatic carbocycles. The summed E-state index contributed by atoms with van der Waals surface area (Å²) in [7, 11) is 0. The van der Waals surface area contributed by atoms with Crippen LogP contribution in [0.3, 0.4) is 0 Å². The predicted octanol–water partition coefficient (Wildman–Crippen LogP) is 2.04. The molecule has 1 aromatic rings. The minimum atomic E-state index is -0.300. The van der Waals surface area contributed by atoms with Gasteiger partial charge in [0.05, 0.1) is 6.54 Å². The Bertz CT molecular complexity index is 507. The smallest absolute Gasteiger partial charge is 0.324 e. The zero-order chi connectivity index (χ0) is 14.5. The highest BCUT2D eigenvalue weighted by atomic mass is 79.9. The summed E-state index contributed by atoms with van der Waals surface area (Å²) in [5, 5.41) is 5.85. The fourth-order valence-corrected chi connectivity index (χ4v) is 2.81. The minimum Gasteiger partial charge on any atom is -0.336 e. The fourth-order valence-electron chi connectivity index (χ4n) is 2.25. The molecule has 3 amide bonds. The molecule has 1 atom stereocenters. The number of carbonyl (C=O) groups is 2. The highest BCUT2D eigenvalue weighted by Gasteiger charge is 2.26. The third-order valence-corrected chi connectivity index (χ3v) is 4.07. The van der Waals surface area contributed by atoms with E-state index < -0.39 is 0 Å². The number of halogens is 1. The molecule has 1 aliphatic rings. The van der Waals surface area contributed by atoms with Crippen molar-refractivity contribution in [3.05, 3.63) is 34.3 Å². The van der Waals surface area contributed by atoms with Crippen LogP contribution < -0.4 is 10.6 Å². The second-order valence-corrected chi connectivity index (χ2v) is 5.49. The molecule has 2 N–H and O–H groups in total. The first-order valence-corrected chi connectivity index (χ1v) is 7.48. The summed E-state index contributed by atoms with van der Waals surface area (Å²) >= 11 is 3.52. The number of imide groups is 1. The van der Waals surface area contributed by atoms with E-state index in [2.05, 4.69) is 33.5 Å². The number of benzene rings is 1. The van der Waals surface area contributed by atoms with Crippen molar-refractivity contribution < 1.29 is 9.59 Å². The van der Waals surface area contributed by atoms with E-state index in [1.165, 1.54) is 4.90 Å². The first-order chi connectivity index (χ1) is 9.63. The van der Waals surface area contributed by atoms with Gasteiger partial charge >= 0.3 is 6.03 Å². The Balaban J connectivity index is 1.96. The molecule has 108 valence electrons. The van der Waals surface area contributed by atoms with Crippen molar-refractivity contribution in [3.8, 4) is 0 Å². The normalized spacial score (nSPS) is 16.1. The van der Waals surface area contributed by atoms with E-state index in [0.29, 0.717) is 13.1 Å². The molecular formula is C14H18BrN3O2. The summed E-state index contributed by atoms with van der Waals surface area (Å²) in [5.41, 5.74) is 1.12. The molecule has 0 aromatic heterocycles. The van der Waals surface area contributed by atoms with E-state index in [0.717, 1.165) is 16.5 Å². The van der Waals surface area contributed by atoms with Gasteiger partial charge in [0.2, 0.25) is 5.91 Å². The number of hydrogen-bond donors (Lipinski definition) is 2. The van der Waals surface area contributed by atoms with Gasteiger partial charge in [0.25, 0.3) is 0 Å². The van der Waals surface area contributed by atoms with Crippen LogP contribution in [-0.4, -0.2) is 36.5 Å². The van der Waals surface area contributed by atoms with Gasteiger partial charge in [-0.15, -0.1) is 0 Å². The topological polar surface area (TPSA) is 61.4 Å². The lowest BCUT2D eigenvalue weighted by Crippen LogP contribution is -2.41. The summed E-state index contributed by atoms with van der Waals surface area (Å²) in [4.78, 5) is 24.6. The monoisotopic (exact) mass is 339 g/mol. The average Bonchev–Trinajstić information content (AvgIpc) is 2.87. The van der Waals surface area contributed by atoms with E-state index >= 15 is 0 Å². The lowest BCUT2D eigenvalue weighted by atomic mass is 10.0.